The molecule has 0 aliphatic heterocycles. The maximum absolute atomic E-state index is 5.81. The highest BCUT2D eigenvalue weighted by Gasteiger charge is 2.13. The molecule has 0 bridgehead atoms. The lowest BCUT2D eigenvalue weighted by molar-refractivity contribution is 0.305. The van der Waals surface area contributed by atoms with Gasteiger partial charge in [-0.05, 0) is 30.0 Å². The molecule has 0 aliphatic carbocycles. The number of hydrogen-bond donors (Lipinski definition) is 1. The van der Waals surface area contributed by atoms with Gasteiger partial charge in [-0.2, -0.15) is 12.6 Å². The van der Waals surface area contributed by atoms with Crippen molar-refractivity contribution in [1.29, 1.82) is 0 Å². The van der Waals surface area contributed by atoms with Crippen LogP contribution in [0.3, 0.4) is 0 Å². The largest absolute Gasteiger partial charge is 0.486 e. The summed E-state index contributed by atoms with van der Waals surface area (Å²) in [5.74, 6) is 2.08. The quantitative estimate of drug-likeness (QED) is 0.772. The summed E-state index contributed by atoms with van der Waals surface area (Å²) in [4.78, 5) is 5.93. The van der Waals surface area contributed by atoms with Gasteiger partial charge < -0.3 is 4.74 Å². The molecule has 0 amide bonds. The Morgan fingerprint density at radius 1 is 1.25 bits per heavy atom. The van der Waals surface area contributed by atoms with Gasteiger partial charge in [0.1, 0.15) is 17.4 Å². The molecule has 2 rings (SSSR count). The molecule has 1 aromatic carbocycles. The molecular weight excluding hydrogens is 286 g/mol. The molecule has 0 spiro atoms. The molecule has 2 aromatic rings. The number of ether oxygens (including phenoxy) is 1. The van der Waals surface area contributed by atoms with E-state index < -0.39 is 0 Å². The number of aromatic nitrogens is 1. The second-order valence-corrected chi connectivity index (χ2v) is 6.50. The molecule has 0 fully saturated rings. The highest BCUT2D eigenvalue weighted by Crippen LogP contribution is 2.27. The summed E-state index contributed by atoms with van der Waals surface area (Å²) in [6, 6.07) is 8.26. The van der Waals surface area contributed by atoms with E-state index in [0.717, 1.165) is 28.6 Å². The van der Waals surface area contributed by atoms with Gasteiger partial charge in [-0.1, -0.05) is 32.9 Å². The lowest BCUT2D eigenvalue weighted by Crippen LogP contribution is -1.96. The van der Waals surface area contributed by atoms with Gasteiger partial charge in [0.05, 0.1) is 5.69 Å². The average molecular weight is 307 g/mol. The van der Waals surface area contributed by atoms with Crippen LogP contribution in [0, 0.1) is 0 Å². The highest BCUT2D eigenvalue weighted by molar-refractivity contribution is 7.79. The highest BCUT2D eigenvalue weighted by atomic mass is 32.1. The van der Waals surface area contributed by atoms with Gasteiger partial charge in [-0.15, -0.1) is 11.3 Å². The summed E-state index contributed by atoms with van der Waals surface area (Å²) < 4.78 is 5.81. The van der Waals surface area contributed by atoms with Crippen LogP contribution >= 0.6 is 24.0 Å². The molecule has 108 valence electrons. The SMILES string of the molecule is CCc1ccc(OCc2nc(C(C)C)c(CS)s2)cc1. The smallest absolute Gasteiger partial charge is 0.140 e. The first-order chi connectivity index (χ1) is 9.63. The van der Waals surface area contributed by atoms with E-state index in [1.807, 2.05) is 12.1 Å². The minimum Gasteiger partial charge on any atom is -0.486 e. The molecular formula is C16H21NOS2. The van der Waals surface area contributed by atoms with E-state index in [0.29, 0.717) is 12.5 Å². The Bertz CT molecular complexity index is 546. The van der Waals surface area contributed by atoms with Crippen molar-refractivity contribution in [2.45, 2.75) is 45.5 Å². The first kappa shape index (κ1) is 15.4. The summed E-state index contributed by atoms with van der Waals surface area (Å²) in [7, 11) is 0. The van der Waals surface area contributed by atoms with Crippen molar-refractivity contribution >= 4 is 24.0 Å². The van der Waals surface area contributed by atoms with Gasteiger partial charge in [-0.3, -0.25) is 0 Å². The van der Waals surface area contributed by atoms with Crippen molar-refractivity contribution in [3.05, 3.63) is 45.4 Å². The topological polar surface area (TPSA) is 22.1 Å². The van der Waals surface area contributed by atoms with Gasteiger partial charge in [-0.25, -0.2) is 4.98 Å². The number of aryl methyl sites for hydroxylation is 1. The third-order valence-electron chi connectivity index (χ3n) is 3.16. The van der Waals surface area contributed by atoms with E-state index in [9.17, 15) is 0 Å². The van der Waals surface area contributed by atoms with Crippen LogP contribution in [-0.4, -0.2) is 4.98 Å². The molecule has 1 heterocycles. The molecule has 0 unspecified atom stereocenters. The molecule has 20 heavy (non-hydrogen) atoms. The molecule has 2 nitrogen and oxygen atoms in total. The number of rotatable bonds is 6. The van der Waals surface area contributed by atoms with E-state index in [4.69, 9.17) is 4.74 Å². The Kier molecular flexibility index (Phi) is 5.49. The summed E-state index contributed by atoms with van der Waals surface area (Å²) in [5, 5.41) is 1.03. The second-order valence-electron chi connectivity index (χ2n) is 5.02. The zero-order chi connectivity index (χ0) is 14.5. The van der Waals surface area contributed by atoms with Crippen LogP contribution in [-0.2, 0) is 18.8 Å². The minimum atomic E-state index is 0.436. The summed E-state index contributed by atoms with van der Waals surface area (Å²) in [6.07, 6.45) is 1.05. The van der Waals surface area contributed by atoms with E-state index in [1.54, 1.807) is 11.3 Å². The first-order valence-electron chi connectivity index (χ1n) is 6.95. The van der Waals surface area contributed by atoms with Crippen molar-refractivity contribution in [3.63, 3.8) is 0 Å². The first-order valence-corrected chi connectivity index (χ1v) is 8.40. The lowest BCUT2D eigenvalue weighted by atomic mass is 10.1. The monoisotopic (exact) mass is 307 g/mol. The van der Waals surface area contributed by atoms with E-state index in [1.165, 1.54) is 10.4 Å². The fraction of sp³-hybridized carbons (Fsp3) is 0.438. The van der Waals surface area contributed by atoms with E-state index >= 15 is 0 Å². The van der Waals surface area contributed by atoms with Crippen LogP contribution in [0.2, 0.25) is 0 Å². The van der Waals surface area contributed by atoms with Crippen LogP contribution < -0.4 is 4.74 Å². The Balaban J connectivity index is 2.02. The molecule has 0 saturated heterocycles. The lowest BCUT2D eigenvalue weighted by Gasteiger charge is -2.04. The van der Waals surface area contributed by atoms with Crippen molar-refractivity contribution in [2.24, 2.45) is 0 Å². The number of hydrogen-bond acceptors (Lipinski definition) is 4. The third kappa shape index (κ3) is 3.76. The van der Waals surface area contributed by atoms with Crippen molar-refractivity contribution < 1.29 is 4.74 Å². The Morgan fingerprint density at radius 2 is 1.95 bits per heavy atom. The molecule has 0 radical (unpaired) electrons. The Labute approximate surface area is 130 Å². The fourth-order valence-corrected chi connectivity index (χ4v) is 3.36. The zero-order valence-electron chi connectivity index (χ0n) is 12.2. The van der Waals surface area contributed by atoms with Gasteiger partial charge in [0.15, 0.2) is 0 Å². The Hall–Kier alpha value is -1.00. The number of benzene rings is 1. The van der Waals surface area contributed by atoms with Gasteiger partial charge in [0, 0.05) is 10.6 Å². The van der Waals surface area contributed by atoms with E-state index in [-0.39, 0.29) is 0 Å². The van der Waals surface area contributed by atoms with Crippen LogP contribution in [0.25, 0.3) is 0 Å². The molecule has 0 N–H and O–H groups in total. The Morgan fingerprint density at radius 3 is 2.45 bits per heavy atom. The van der Waals surface area contributed by atoms with Crippen molar-refractivity contribution in [2.75, 3.05) is 0 Å². The average Bonchev–Trinajstić information content (AvgIpc) is 2.89. The van der Waals surface area contributed by atoms with Crippen molar-refractivity contribution in [3.8, 4) is 5.75 Å². The van der Waals surface area contributed by atoms with Gasteiger partial charge in [0.2, 0.25) is 0 Å². The summed E-state index contributed by atoms with van der Waals surface area (Å²) in [5.41, 5.74) is 2.48. The maximum Gasteiger partial charge on any atom is 0.140 e. The summed E-state index contributed by atoms with van der Waals surface area (Å²) in [6.45, 7) is 7.01. The zero-order valence-corrected chi connectivity index (χ0v) is 13.9. The molecule has 0 atom stereocenters. The molecule has 0 aliphatic rings. The van der Waals surface area contributed by atoms with Gasteiger partial charge in [0.25, 0.3) is 0 Å². The number of thiol groups is 1. The molecule has 0 saturated carbocycles. The normalized spacial score (nSPS) is 11.1. The van der Waals surface area contributed by atoms with Crippen LogP contribution in [0.15, 0.2) is 24.3 Å². The fourth-order valence-electron chi connectivity index (χ4n) is 2.01. The third-order valence-corrected chi connectivity index (χ3v) is 4.73. The van der Waals surface area contributed by atoms with Crippen LogP contribution in [0.4, 0.5) is 0 Å². The molecule has 4 heteroatoms. The second kappa shape index (κ2) is 7.14. The standard InChI is InChI=1S/C16H21NOS2/c1-4-12-5-7-13(8-6-12)18-9-15-17-16(11(2)3)14(10-19)20-15/h5-8,11,19H,4,9-10H2,1-3H3. The summed E-state index contributed by atoms with van der Waals surface area (Å²) >= 11 is 6.08. The predicted octanol–water partition coefficient (Wildman–Crippen LogP) is 4.84. The van der Waals surface area contributed by atoms with E-state index in [2.05, 4.69) is 50.5 Å². The van der Waals surface area contributed by atoms with Crippen molar-refractivity contribution in [1.82, 2.24) is 4.98 Å². The predicted molar refractivity (Wildman–Crippen MR) is 89.0 cm³/mol. The van der Waals surface area contributed by atoms with Crippen LogP contribution in [0.1, 0.15) is 47.8 Å². The molecule has 1 aromatic heterocycles. The van der Waals surface area contributed by atoms with Gasteiger partial charge >= 0.3 is 0 Å². The maximum atomic E-state index is 5.81. The van der Waals surface area contributed by atoms with Crippen LogP contribution in [0.5, 0.6) is 5.75 Å². The number of nitrogens with zero attached hydrogens (tertiary/aromatic N) is 1. The number of thiazole rings is 1. The minimum absolute atomic E-state index is 0.436.